The van der Waals surface area contributed by atoms with Gasteiger partial charge in [0.25, 0.3) is 5.91 Å². The molecule has 9 heteroatoms. The Kier molecular flexibility index (Phi) is 6.38. The summed E-state index contributed by atoms with van der Waals surface area (Å²) >= 11 is 0. The van der Waals surface area contributed by atoms with Gasteiger partial charge in [-0.3, -0.25) is 9.59 Å². The third-order valence-corrected chi connectivity index (χ3v) is 6.63. The number of benzene rings is 1. The smallest absolute Gasteiger partial charge is 0.251 e. The number of hydrogen-bond donors (Lipinski definition) is 3. The zero-order valence-electron chi connectivity index (χ0n) is 15.1. The molecule has 144 valence electrons. The number of sulfonamides is 1. The van der Waals surface area contributed by atoms with Crippen molar-refractivity contribution in [3.05, 3.63) is 29.8 Å². The van der Waals surface area contributed by atoms with Crippen molar-refractivity contribution >= 4 is 21.8 Å². The first-order chi connectivity index (χ1) is 12.2. The predicted molar refractivity (Wildman–Crippen MR) is 98.0 cm³/mol. The van der Waals surface area contributed by atoms with Gasteiger partial charge in [-0.1, -0.05) is 13.8 Å². The monoisotopic (exact) mass is 382 g/mol. The van der Waals surface area contributed by atoms with Gasteiger partial charge in [-0.15, -0.1) is 0 Å². The minimum absolute atomic E-state index is 0.0547. The predicted octanol–water partition coefficient (Wildman–Crippen LogP) is 0.0544. The zero-order valence-corrected chi connectivity index (χ0v) is 15.9. The highest BCUT2D eigenvalue weighted by molar-refractivity contribution is 7.89. The second kappa shape index (κ2) is 8.15. The first-order valence-electron chi connectivity index (χ1n) is 8.66. The zero-order chi connectivity index (χ0) is 19.4. The molecule has 1 aromatic rings. The molecule has 0 aromatic heterocycles. The molecule has 26 heavy (non-hydrogen) atoms. The highest BCUT2D eigenvalue weighted by atomic mass is 32.2. The van der Waals surface area contributed by atoms with E-state index in [0.717, 1.165) is 17.1 Å². The maximum Gasteiger partial charge on any atom is 0.251 e. The lowest BCUT2D eigenvalue weighted by Crippen LogP contribution is -2.49. The molecule has 8 nitrogen and oxygen atoms in total. The highest BCUT2D eigenvalue weighted by Crippen LogP contribution is 2.17. The fourth-order valence-corrected chi connectivity index (χ4v) is 4.00. The van der Waals surface area contributed by atoms with Gasteiger partial charge in [-0.05, 0) is 37.1 Å². The summed E-state index contributed by atoms with van der Waals surface area (Å²) in [5, 5.41) is 5.38. The van der Waals surface area contributed by atoms with Crippen LogP contribution in [0.15, 0.2) is 29.2 Å². The lowest BCUT2D eigenvalue weighted by molar-refractivity contribution is -0.122. The largest absolute Gasteiger partial charge is 0.354 e. The second-order valence-corrected chi connectivity index (χ2v) is 8.40. The second-order valence-electron chi connectivity index (χ2n) is 6.47. The summed E-state index contributed by atoms with van der Waals surface area (Å²) < 4.78 is 26.3. The summed E-state index contributed by atoms with van der Waals surface area (Å²) in [5.41, 5.74) is 6.07. The van der Waals surface area contributed by atoms with Gasteiger partial charge in [0.1, 0.15) is 0 Å². The lowest BCUT2D eigenvalue weighted by atomic mass is 9.94. The van der Waals surface area contributed by atoms with Crippen LogP contribution < -0.4 is 16.4 Å². The van der Waals surface area contributed by atoms with Gasteiger partial charge >= 0.3 is 0 Å². The summed E-state index contributed by atoms with van der Waals surface area (Å²) in [6.07, 6.45) is 1.48. The Morgan fingerprint density at radius 3 is 2.42 bits per heavy atom. The molecule has 1 aliphatic rings. The van der Waals surface area contributed by atoms with E-state index in [-0.39, 0.29) is 36.3 Å². The van der Waals surface area contributed by atoms with Crippen LogP contribution in [0.1, 0.15) is 37.0 Å². The molecule has 0 saturated carbocycles. The van der Waals surface area contributed by atoms with Crippen molar-refractivity contribution in [2.24, 2.45) is 5.73 Å². The van der Waals surface area contributed by atoms with Gasteiger partial charge in [0.15, 0.2) is 0 Å². The van der Waals surface area contributed by atoms with Gasteiger partial charge in [-0.2, -0.15) is 4.31 Å². The SMILES string of the molecule is CCC(N)(CC)CNC(=O)c1ccc(S(=O)(=O)N2CCNC(=O)C2)cc1. The van der Waals surface area contributed by atoms with Crippen LogP contribution in [-0.4, -0.2) is 56.3 Å². The molecule has 0 spiro atoms. The number of hydrogen-bond acceptors (Lipinski definition) is 5. The molecule has 1 fully saturated rings. The Morgan fingerprint density at radius 1 is 1.27 bits per heavy atom. The fourth-order valence-electron chi connectivity index (χ4n) is 2.61. The van der Waals surface area contributed by atoms with Gasteiger partial charge < -0.3 is 16.4 Å². The topological polar surface area (TPSA) is 122 Å². The molecule has 0 unspecified atom stereocenters. The number of piperazine rings is 1. The molecular weight excluding hydrogens is 356 g/mol. The molecule has 0 atom stereocenters. The van der Waals surface area contributed by atoms with Crippen LogP contribution in [0.25, 0.3) is 0 Å². The average Bonchev–Trinajstić information content (AvgIpc) is 2.66. The molecule has 1 saturated heterocycles. The Morgan fingerprint density at radius 2 is 1.88 bits per heavy atom. The molecule has 0 aliphatic carbocycles. The summed E-state index contributed by atoms with van der Waals surface area (Å²) in [7, 11) is -3.76. The quantitative estimate of drug-likeness (QED) is 0.615. The van der Waals surface area contributed by atoms with Crippen molar-refractivity contribution in [1.29, 1.82) is 0 Å². The van der Waals surface area contributed by atoms with Crippen molar-refractivity contribution in [3.8, 4) is 0 Å². The van der Waals surface area contributed by atoms with Gasteiger partial charge in [0.05, 0.1) is 11.4 Å². The van der Waals surface area contributed by atoms with Crippen molar-refractivity contribution in [2.45, 2.75) is 37.1 Å². The van der Waals surface area contributed by atoms with E-state index in [0.29, 0.717) is 12.1 Å². The standard InChI is InChI=1S/C17H26N4O4S/c1-3-17(18,4-2)12-20-16(23)13-5-7-14(8-6-13)26(24,25)21-10-9-19-15(22)11-21/h5-8H,3-4,9-12,18H2,1-2H3,(H,19,22)(H,20,23). The van der Waals surface area contributed by atoms with Crippen molar-refractivity contribution < 1.29 is 18.0 Å². The van der Waals surface area contributed by atoms with Crippen LogP contribution in [0.2, 0.25) is 0 Å². The van der Waals surface area contributed by atoms with Crippen LogP contribution in [0.5, 0.6) is 0 Å². The molecule has 0 bridgehead atoms. The number of amides is 2. The minimum atomic E-state index is -3.76. The third-order valence-electron chi connectivity index (χ3n) is 4.77. The molecule has 0 radical (unpaired) electrons. The molecular formula is C17H26N4O4S. The van der Waals surface area contributed by atoms with Gasteiger partial charge in [0, 0.05) is 30.7 Å². The van der Waals surface area contributed by atoms with Crippen molar-refractivity contribution in [2.75, 3.05) is 26.2 Å². The van der Waals surface area contributed by atoms with E-state index in [9.17, 15) is 18.0 Å². The summed E-state index contributed by atoms with van der Waals surface area (Å²) in [6.45, 7) is 4.60. The average molecular weight is 382 g/mol. The van der Waals surface area contributed by atoms with E-state index in [4.69, 9.17) is 5.73 Å². The highest BCUT2D eigenvalue weighted by Gasteiger charge is 2.29. The van der Waals surface area contributed by atoms with Gasteiger partial charge in [-0.25, -0.2) is 8.42 Å². The number of nitrogens with zero attached hydrogens (tertiary/aromatic N) is 1. The summed E-state index contributed by atoms with van der Waals surface area (Å²) in [4.78, 5) is 23.7. The fraction of sp³-hybridized carbons (Fsp3) is 0.529. The number of carbonyl (C=O) groups is 2. The van der Waals surface area contributed by atoms with E-state index >= 15 is 0 Å². The van der Waals surface area contributed by atoms with E-state index in [1.54, 1.807) is 0 Å². The molecule has 1 heterocycles. The minimum Gasteiger partial charge on any atom is -0.354 e. The number of carbonyl (C=O) groups excluding carboxylic acids is 2. The number of nitrogens with two attached hydrogens (primary N) is 1. The Labute approximate surface area is 154 Å². The summed E-state index contributed by atoms with van der Waals surface area (Å²) in [6, 6.07) is 5.68. The van der Waals surface area contributed by atoms with Crippen molar-refractivity contribution in [1.82, 2.24) is 14.9 Å². The van der Waals surface area contributed by atoms with Gasteiger partial charge in [0.2, 0.25) is 15.9 Å². The van der Waals surface area contributed by atoms with Crippen molar-refractivity contribution in [3.63, 3.8) is 0 Å². The molecule has 2 amide bonds. The molecule has 1 aliphatic heterocycles. The van der Waals surface area contributed by atoms with Crippen LogP contribution in [0, 0.1) is 0 Å². The maximum absolute atomic E-state index is 12.6. The van der Waals surface area contributed by atoms with E-state index in [1.807, 2.05) is 13.8 Å². The number of nitrogens with one attached hydrogen (secondary N) is 2. The Bertz CT molecular complexity index is 757. The lowest BCUT2D eigenvalue weighted by Gasteiger charge is -2.27. The summed E-state index contributed by atoms with van der Waals surface area (Å²) in [5.74, 6) is -0.629. The van der Waals surface area contributed by atoms with Crippen LogP contribution in [0.3, 0.4) is 0 Å². The number of rotatable bonds is 7. The maximum atomic E-state index is 12.6. The molecule has 2 rings (SSSR count). The van der Waals surface area contributed by atoms with Crippen LogP contribution >= 0.6 is 0 Å². The first-order valence-corrected chi connectivity index (χ1v) is 10.1. The first kappa shape index (κ1) is 20.3. The van der Waals surface area contributed by atoms with E-state index in [2.05, 4.69) is 10.6 Å². The third kappa shape index (κ3) is 4.60. The van der Waals surface area contributed by atoms with Crippen LogP contribution in [-0.2, 0) is 14.8 Å². The Hall–Kier alpha value is -1.97. The van der Waals surface area contributed by atoms with E-state index < -0.39 is 15.6 Å². The Balaban J connectivity index is 2.07. The van der Waals surface area contributed by atoms with Crippen LogP contribution in [0.4, 0.5) is 0 Å². The molecule has 4 N–H and O–H groups in total. The van der Waals surface area contributed by atoms with E-state index in [1.165, 1.54) is 24.3 Å². The molecule has 1 aromatic carbocycles. The normalized spacial score (nSPS) is 16.2.